The maximum Gasteiger partial charge on any atom is 0.167 e. The van der Waals surface area contributed by atoms with Crippen molar-refractivity contribution in [2.75, 3.05) is 51.8 Å². The molecule has 106 valence electrons. The van der Waals surface area contributed by atoms with Gasteiger partial charge in [0, 0.05) is 31.4 Å². The first kappa shape index (κ1) is 14.1. The number of nitrogens with one attached hydrogen (secondary N) is 1. The first-order chi connectivity index (χ1) is 9.29. The van der Waals surface area contributed by atoms with Gasteiger partial charge in [-0.15, -0.1) is 0 Å². The summed E-state index contributed by atoms with van der Waals surface area (Å²) in [5.41, 5.74) is 0.792. The lowest BCUT2D eigenvalue weighted by Crippen LogP contribution is -2.37. The van der Waals surface area contributed by atoms with Gasteiger partial charge in [0.05, 0.1) is 20.3 Å². The predicted octanol–water partition coefficient (Wildman–Crippen LogP) is 1.97. The fraction of sp³-hybridized carbons (Fsp3) is 0.571. The zero-order valence-electron chi connectivity index (χ0n) is 11.3. The van der Waals surface area contributed by atoms with Crippen LogP contribution < -0.4 is 10.1 Å². The summed E-state index contributed by atoms with van der Waals surface area (Å²) in [6.45, 7) is 5.57. The third-order valence-electron chi connectivity index (χ3n) is 3.24. The van der Waals surface area contributed by atoms with Gasteiger partial charge in [0.2, 0.25) is 0 Å². The molecule has 0 atom stereocenters. The van der Waals surface area contributed by atoms with Crippen LogP contribution in [0.3, 0.4) is 0 Å². The molecule has 0 bridgehead atoms. The quantitative estimate of drug-likeness (QED) is 0.800. The Labute approximate surface area is 113 Å². The van der Waals surface area contributed by atoms with Gasteiger partial charge >= 0.3 is 0 Å². The molecule has 1 aliphatic rings. The molecule has 1 N–H and O–H groups in total. The van der Waals surface area contributed by atoms with E-state index in [1.165, 1.54) is 13.2 Å². The summed E-state index contributed by atoms with van der Waals surface area (Å²) >= 11 is 0. The molecule has 0 amide bonds. The van der Waals surface area contributed by atoms with Gasteiger partial charge in [0.15, 0.2) is 11.6 Å². The summed E-state index contributed by atoms with van der Waals surface area (Å²) in [7, 11) is 1.47. The largest absolute Gasteiger partial charge is 0.494 e. The van der Waals surface area contributed by atoms with Crippen LogP contribution in [0.2, 0.25) is 0 Å². The average Bonchev–Trinajstić information content (AvgIpc) is 2.45. The Morgan fingerprint density at radius 3 is 2.84 bits per heavy atom. The number of nitrogens with zero attached hydrogens (tertiary/aromatic N) is 1. The minimum absolute atomic E-state index is 0.277. The number of anilines is 1. The zero-order chi connectivity index (χ0) is 13.5. The number of halogens is 1. The van der Waals surface area contributed by atoms with Crippen LogP contribution in [0.1, 0.15) is 6.42 Å². The van der Waals surface area contributed by atoms with Gasteiger partial charge < -0.3 is 14.8 Å². The molecule has 0 aliphatic carbocycles. The van der Waals surface area contributed by atoms with Gasteiger partial charge in [-0.1, -0.05) is 0 Å². The topological polar surface area (TPSA) is 33.7 Å². The molecule has 0 aromatic heterocycles. The number of morpholine rings is 1. The van der Waals surface area contributed by atoms with E-state index in [0.717, 1.165) is 51.5 Å². The lowest BCUT2D eigenvalue weighted by Gasteiger charge is -2.26. The van der Waals surface area contributed by atoms with Crippen molar-refractivity contribution in [2.45, 2.75) is 6.42 Å². The van der Waals surface area contributed by atoms with Crippen LogP contribution in [0, 0.1) is 5.82 Å². The highest BCUT2D eigenvalue weighted by molar-refractivity contribution is 5.47. The molecule has 1 fully saturated rings. The van der Waals surface area contributed by atoms with Crippen LogP contribution in [0.5, 0.6) is 5.75 Å². The van der Waals surface area contributed by atoms with Gasteiger partial charge in [-0.25, -0.2) is 4.39 Å². The summed E-state index contributed by atoms with van der Waals surface area (Å²) in [6.07, 6.45) is 1.04. The molecule has 1 aromatic carbocycles. The third kappa shape index (κ3) is 4.36. The minimum Gasteiger partial charge on any atom is -0.494 e. The predicted molar refractivity (Wildman–Crippen MR) is 73.3 cm³/mol. The van der Waals surface area contributed by atoms with E-state index >= 15 is 0 Å². The number of rotatable bonds is 6. The Kier molecular flexibility index (Phi) is 5.42. The smallest absolute Gasteiger partial charge is 0.167 e. The molecule has 0 saturated carbocycles. The lowest BCUT2D eigenvalue weighted by atomic mass is 10.2. The van der Waals surface area contributed by atoms with E-state index in [9.17, 15) is 4.39 Å². The van der Waals surface area contributed by atoms with Crippen LogP contribution in [-0.4, -0.2) is 51.4 Å². The van der Waals surface area contributed by atoms with E-state index < -0.39 is 0 Å². The average molecular weight is 268 g/mol. The zero-order valence-corrected chi connectivity index (χ0v) is 11.3. The Bertz CT molecular complexity index is 395. The highest BCUT2D eigenvalue weighted by atomic mass is 19.1. The van der Waals surface area contributed by atoms with Crippen LogP contribution in [0.15, 0.2) is 18.2 Å². The molecule has 1 aliphatic heterocycles. The van der Waals surface area contributed by atoms with E-state index in [4.69, 9.17) is 9.47 Å². The Balaban J connectivity index is 1.69. The number of methoxy groups -OCH3 is 1. The van der Waals surface area contributed by atoms with Crippen LogP contribution in [0.25, 0.3) is 0 Å². The Morgan fingerprint density at radius 2 is 2.16 bits per heavy atom. The monoisotopic (exact) mass is 268 g/mol. The fourth-order valence-electron chi connectivity index (χ4n) is 2.14. The molecule has 0 spiro atoms. The lowest BCUT2D eigenvalue weighted by molar-refractivity contribution is 0.0378. The van der Waals surface area contributed by atoms with Crippen LogP contribution >= 0.6 is 0 Å². The van der Waals surface area contributed by atoms with Gasteiger partial charge in [-0.3, -0.25) is 4.90 Å². The number of ether oxygens (including phenoxy) is 2. The fourth-order valence-corrected chi connectivity index (χ4v) is 2.14. The van der Waals surface area contributed by atoms with Crippen molar-refractivity contribution in [3.8, 4) is 5.75 Å². The van der Waals surface area contributed by atoms with Crippen LogP contribution in [0.4, 0.5) is 10.1 Å². The van der Waals surface area contributed by atoms with Crippen molar-refractivity contribution in [3.05, 3.63) is 24.0 Å². The molecule has 1 saturated heterocycles. The summed E-state index contributed by atoms with van der Waals surface area (Å²) in [5, 5.41) is 3.22. The number of hydrogen-bond donors (Lipinski definition) is 1. The van der Waals surface area contributed by atoms with Crippen molar-refractivity contribution in [3.63, 3.8) is 0 Å². The molecule has 4 nitrogen and oxygen atoms in total. The molecular formula is C14H21FN2O2. The van der Waals surface area contributed by atoms with Gasteiger partial charge in [-0.2, -0.15) is 0 Å². The molecule has 1 aromatic rings. The molecule has 1 heterocycles. The van der Waals surface area contributed by atoms with E-state index in [0.29, 0.717) is 0 Å². The van der Waals surface area contributed by atoms with E-state index in [2.05, 4.69) is 10.2 Å². The van der Waals surface area contributed by atoms with Gasteiger partial charge in [0.1, 0.15) is 0 Å². The molecule has 0 radical (unpaired) electrons. The maximum absolute atomic E-state index is 13.5. The second-order valence-corrected chi connectivity index (χ2v) is 4.58. The van der Waals surface area contributed by atoms with E-state index in [-0.39, 0.29) is 11.6 Å². The minimum atomic E-state index is -0.333. The molecule has 0 unspecified atom stereocenters. The van der Waals surface area contributed by atoms with E-state index in [1.54, 1.807) is 6.07 Å². The first-order valence-corrected chi connectivity index (χ1v) is 6.67. The van der Waals surface area contributed by atoms with Crippen molar-refractivity contribution >= 4 is 5.69 Å². The van der Waals surface area contributed by atoms with Gasteiger partial charge in [-0.05, 0) is 25.1 Å². The molecule has 5 heteroatoms. The van der Waals surface area contributed by atoms with Crippen molar-refractivity contribution < 1.29 is 13.9 Å². The second kappa shape index (κ2) is 7.31. The summed E-state index contributed by atoms with van der Waals surface area (Å²) < 4.78 is 23.6. The standard InChI is InChI=1S/C14H21FN2O2/c1-18-14-4-3-12(11-13(14)15)16-5-2-6-17-7-9-19-10-8-17/h3-4,11,16H,2,5-10H2,1H3. The number of benzene rings is 1. The van der Waals surface area contributed by atoms with E-state index in [1.807, 2.05) is 6.07 Å². The van der Waals surface area contributed by atoms with Gasteiger partial charge in [0.25, 0.3) is 0 Å². The molecular weight excluding hydrogens is 247 g/mol. The summed E-state index contributed by atoms with van der Waals surface area (Å²) in [5.74, 6) is -0.0560. The van der Waals surface area contributed by atoms with Crippen molar-refractivity contribution in [1.82, 2.24) is 4.90 Å². The summed E-state index contributed by atoms with van der Waals surface area (Å²) in [6, 6.07) is 4.93. The summed E-state index contributed by atoms with van der Waals surface area (Å²) in [4.78, 5) is 2.39. The third-order valence-corrected chi connectivity index (χ3v) is 3.24. The highest BCUT2D eigenvalue weighted by Crippen LogP contribution is 2.20. The van der Waals surface area contributed by atoms with Crippen molar-refractivity contribution in [1.29, 1.82) is 0 Å². The molecule has 19 heavy (non-hydrogen) atoms. The maximum atomic E-state index is 13.5. The first-order valence-electron chi connectivity index (χ1n) is 6.67. The number of hydrogen-bond acceptors (Lipinski definition) is 4. The Morgan fingerprint density at radius 1 is 1.37 bits per heavy atom. The normalized spacial score (nSPS) is 16.3. The SMILES string of the molecule is COc1ccc(NCCCN2CCOCC2)cc1F. The van der Waals surface area contributed by atoms with Crippen molar-refractivity contribution in [2.24, 2.45) is 0 Å². The Hall–Kier alpha value is -1.33. The highest BCUT2D eigenvalue weighted by Gasteiger charge is 2.09. The van der Waals surface area contributed by atoms with Crippen LogP contribution in [-0.2, 0) is 4.74 Å². The second-order valence-electron chi connectivity index (χ2n) is 4.58. The molecule has 2 rings (SSSR count).